The Kier molecular flexibility index (Phi) is 8.86. The average molecular weight is 349 g/mol. The maximum absolute atomic E-state index is 11.3. The Morgan fingerprint density at radius 1 is 1.32 bits per heavy atom. The third-order valence-corrected chi connectivity index (χ3v) is 3.54. The number of nitrogens with two attached hydrogens (primary N) is 1. The standard InChI is InChI=1S/C14H20N4O2.2ClH/c15-14(16)17-12-10(4-3-5-11(12)13(19)20)6-9-18-7-1-2-8-18;;/h3-5H,1-2,6-9H2,(H,19,20)(H4,15,16,17);2*1H. The van der Waals surface area contributed by atoms with Crippen molar-refractivity contribution in [1.29, 1.82) is 5.41 Å². The lowest BCUT2D eigenvalue weighted by Crippen LogP contribution is -2.25. The Bertz CT molecular complexity index is 520. The van der Waals surface area contributed by atoms with Crippen LogP contribution in [0, 0.1) is 5.41 Å². The summed E-state index contributed by atoms with van der Waals surface area (Å²) in [6.07, 6.45) is 3.21. The number of carboxylic acids is 1. The topological polar surface area (TPSA) is 102 Å². The number of aromatic carboxylic acids is 1. The average Bonchev–Trinajstić information content (AvgIpc) is 2.89. The summed E-state index contributed by atoms with van der Waals surface area (Å²) in [4.78, 5) is 13.6. The normalized spacial score (nSPS) is 13.8. The van der Waals surface area contributed by atoms with Gasteiger partial charge >= 0.3 is 5.97 Å². The molecule has 0 radical (unpaired) electrons. The Labute approximate surface area is 142 Å². The number of likely N-dealkylation sites (tertiary alicyclic amines) is 1. The highest BCUT2D eigenvalue weighted by molar-refractivity contribution is 6.01. The molecule has 0 aromatic heterocycles. The smallest absolute Gasteiger partial charge is 0.337 e. The van der Waals surface area contributed by atoms with Crippen LogP contribution in [0.1, 0.15) is 28.8 Å². The van der Waals surface area contributed by atoms with Crippen LogP contribution >= 0.6 is 24.8 Å². The molecule has 8 heteroatoms. The second kappa shape index (κ2) is 9.50. The van der Waals surface area contributed by atoms with E-state index < -0.39 is 5.97 Å². The van der Waals surface area contributed by atoms with Crippen molar-refractivity contribution in [2.75, 3.05) is 25.0 Å². The third kappa shape index (κ3) is 5.36. The molecule has 0 bridgehead atoms. The molecule has 0 unspecified atom stereocenters. The minimum atomic E-state index is -1.02. The number of anilines is 1. The van der Waals surface area contributed by atoms with Gasteiger partial charge in [0.2, 0.25) is 0 Å². The van der Waals surface area contributed by atoms with Crippen molar-refractivity contribution < 1.29 is 9.90 Å². The van der Waals surface area contributed by atoms with Crippen LogP contribution in [0.5, 0.6) is 0 Å². The number of para-hydroxylation sites is 1. The number of nitrogens with zero attached hydrogens (tertiary/aromatic N) is 1. The molecule has 0 amide bonds. The predicted molar refractivity (Wildman–Crippen MR) is 92.8 cm³/mol. The molecule has 0 saturated carbocycles. The lowest BCUT2D eigenvalue weighted by molar-refractivity contribution is 0.0698. The van der Waals surface area contributed by atoms with Gasteiger partial charge < -0.3 is 21.1 Å². The maximum Gasteiger partial charge on any atom is 0.337 e. The molecular weight excluding hydrogens is 327 g/mol. The number of hydrogen-bond acceptors (Lipinski definition) is 3. The van der Waals surface area contributed by atoms with E-state index in [0.717, 1.165) is 31.6 Å². The summed E-state index contributed by atoms with van der Waals surface area (Å²) in [6, 6.07) is 5.13. The fourth-order valence-electron chi connectivity index (χ4n) is 2.55. The van der Waals surface area contributed by atoms with Gasteiger partial charge in [0.25, 0.3) is 0 Å². The van der Waals surface area contributed by atoms with E-state index in [-0.39, 0.29) is 36.3 Å². The van der Waals surface area contributed by atoms with E-state index in [0.29, 0.717) is 5.69 Å². The molecule has 1 fully saturated rings. The highest BCUT2D eigenvalue weighted by Gasteiger charge is 2.16. The van der Waals surface area contributed by atoms with Gasteiger partial charge in [-0.25, -0.2) is 4.79 Å². The van der Waals surface area contributed by atoms with E-state index in [2.05, 4.69) is 10.2 Å². The summed E-state index contributed by atoms with van der Waals surface area (Å²) in [5.74, 6) is -1.27. The summed E-state index contributed by atoms with van der Waals surface area (Å²) < 4.78 is 0. The second-order valence-corrected chi connectivity index (χ2v) is 4.98. The summed E-state index contributed by atoms with van der Waals surface area (Å²) in [7, 11) is 0. The Morgan fingerprint density at radius 3 is 2.50 bits per heavy atom. The van der Waals surface area contributed by atoms with Crippen LogP contribution < -0.4 is 11.1 Å². The first kappa shape index (κ1) is 20.5. The van der Waals surface area contributed by atoms with Gasteiger partial charge in [0.1, 0.15) is 0 Å². The maximum atomic E-state index is 11.3. The number of guanidine groups is 1. The molecule has 1 saturated heterocycles. The lowest BCUT2D eigenvalue weighted by Gasteiger charge is -2.17. The minimum absolute atomic E-state index is 0. The summed E-state index contributed by atoms with van der Waals surface area (Å²) in [5, 5.41) is 19.2. The molecule has 0 spiro atoms. The van der Waals surface area contributed by atoms with Gasteiger partial charge in [0, 0.05) is 6.54 Å². The number of nitrogens with one attached hydrogen (secondary N) is 2. The molecule has 124 valence electrons. The fourth-order valence-corrected chi connectivity index (χ4v) is 2.55. The van der Waals surface area contributed by atoms with E-state index >= 15 is 0 Å². The van der Waals surface area contributed by atoms with E-state index in [1.54, 1.807) is 6.07 Å². The van der Waals surface area contributed by atoms with E-state index in [1.807, 2.05) is 6.07 Å². The zero-order chi connectivity index (χ0) is 14.5. The molecule has 1 aromatic carbocycles. The van der Waals surface area contributed by atoms with Gasteiger partial charge in [-0.05, 0) is 44.0 Å². The number of benzene rings is 1. The van der Waals surface area contributed by atoms with Gasteiger partial charge in [0.05, 0.1) is 11.3 Å². The molecule has 1 heterocycles. The molecule has 1 aromatic rings. The molecule has 5 N–H and O–H groups in total. The molecule has 0 atom stereocenters. The SMILES string of the molecule is Cl.Cl.N=C(N)Nc1c(CCN2CCCC2)cccc1C(=O)O. The molecule has 2 rings (SSSR count). The number of halogens is 2. The molecule has 6 nitrogen and oxygen atoms in total. The van der Waals surface area contributed by atoms with E-state index in [1.165, 1.54) is 18.9 Å². The lowest BCUT2D eigenvalue weighted by atomic mass is 10.0. The highest BCUT2D eigenvalue weighted by Crippen LogP contribution is 2.22. The Morgan fingerprint density at radius 2 is 1.95 bits per heavy atom. The number of hydrogen-bond donors (Lipinski definition) is 4. The largest absolute Gasteiger partial charge is 0.478 e. The number of carbonyl (C=O) groups is 1. The molecule has 1 aliphatic rings. The first-order valence-corrected chi connectivity index (χ1v) is 6.76. The van der Waals surface area contributed by atoms with Crippen molar-refractivity contribution in [2.45, 2.75) is 19.3 Å². The zero-order valence-electron chi connectivity index (χ0n) is 12.2. The fraction of sp³-hybridized carbons (Fsp3) is 0.429. The monoisotopic (exact) mass is 348 g/mol. The van der Waals surface area contributed by atoms with E-state index in [9.17, 15) is 9.90 Å². The highest BCUT2D eigenvalue weighted by atomic mass is 35.5. The summed E-state index contributed by atoms with van der Waals surface area (Å²) in [6.45, 7) is 3.11. The first-order chi connectivity index (χ1) is 9.58. The van der Waals surface area contributed by atoms with Crippen molar-refractivity contribution in [3.8, 4) is 0 Å². The van der Waals surface area contributed by atoms with Gasteiger partial charge in [-0.2, -0.15) is 0 Å². The van der Waals surface area contributed by atoms with Crippen LogP contribution in [-0.2, 0) is 6.42 Å². The Balaban J connectivity index is 0.00000220. The first-order valence-electron chi connectivity index (χ1n) is 6.76. The van der Waals surface area contributed by atoms with Gasteiger partial charge in [-0.15, -0.1) is 24.8 Å². The third-order valence-electron chi connectivity index (χ3n) is 3.54. The second-order valence-electron chi connectivity index (χ2n) is 4.98. The number of rotatable bonds is 5. The minimum Gasteiger partial charge on any atom is -0.478 e. The van der Waals surface area contributed by atoms with E-state index in [4.69, 9.17) is 11.1 Å². The number of carboxylic acid groups (broad SMARTS) is 1. The van der Waals surface area contributed by atoms with Crippen molar-refractivity contribution in [3.05, 3.63) is 29.3 Å². The van der Waals surface area contributed by atoms with Crippen LogP contribution in [0.15, 0.2) is 18.2 Å². The molecule has 0 aliphatic carbocycles. The molecular formula is C14H22Cl2N4O2. The Hall–Kier alpha value is -1.50. The van der Waals surface area contributed by atoms with Crippen LogP contribution in [0.25, 0.3) is 0 Å². The van der Waals surface area contributed by atoms with Crippen LogP contribution in [0.2, 0.25) is 0 Å². The van der Waals surface area contributed by atoms with Crippen molar-refractivity contribution >= 4 is 42.4 Å². The van der Waals surface area contributed by atoms with Crippen molar-refractivity contribution in [1.82, 2.24) is 4.90 Å². The van der Waals surface area contributed by atoms with Gasteiger partial charge in [0.15, 0.2) is 5.96 Å². The van der Waals surface area contributed by atoms with Crippen LogP contribution in [0.3, 0.4) is 0 Å². The van der Waals surface area contributed by atoms with Gasteiger partial charge in [-0.1, -0.05) is 12.1 Å². The molecule has 22 heavy (non-hydrogen) atoms. The summed E-state index contributed by atoms with van der Waals surface area (Å²) in [5.41, 5.74) is 6.82. The van der Waals surface area contributed by atoms with Crippen LogP contribution in [0.4, 0.5) is 5.69 Å². The van der Waals surface area contributed by atoms with Crippen LogP contribution in [-0.4, -0.2) is 41.6 Å². The van der Waals surface area contributed by atoms with Crippen molar-refractivity contribution in [2.24, 2.45) is 5.73 Å². The summed E-state index contributed by atoms with van der Waals surface area (Å²) >= 11 is 0. The quantitative estimate of drug-likeness (QED) is 0.482. The molecule has 1 aliphatic heterocycles. The van der Waals surface area contributed by atoms with Gasteiger partial charge in [-0.3, -0.25) is 5.41 Å². The zero-order valence-corrected chi connectivity index (χ0v) is 13.8. The predicted octanol–water partition coefficient (Wildman–Crippen LogP) is 2.17. The van der Waals surface area contributed by atoms with Crippen molar-refractivity contribution in [3.63, 3.8) is 0 Å².